The average molecular weight is 752 g/mol. The van der Waals surface area contributed by atoms with Crippen molar-refractivity contribution in [3.63, 3.8) is 0 Å². The van der Waals surface area contributed by atoms with Crippen LogP contribution >= 0.6 is 11.6 Å². The fraction of sp³-hybridized carbons (Fsp3) is 0.756. The van der Waals surface area contributed by atoms with E-state index < -0.39 is 22.9 Å². The van der Waals surface area contributed by atoms with Gasteiger partial charge in [-0.25, -0.2) is 0 Å². The van der Waals surface area contributed by atoms with Crippen LogP contribution in [0.25, 0.3) is 0 Å². The minimum Gasteiger partial charge on any atom is -0.481 e. The maximum atomic E-state index is 14.0. The van der Waals surface area contributed by atoms with E-state index in [0.29, 0.717) is 36.4 Å². The number of Topliss-reactive ketones (excluding diaryl/α,β-unsaturated/α-hetero) is 1. The van der Waals surface area contributed by atoms with E-state index in [0.717, 1.165) is 62.5 Å². The molecule has 0 aromatic heterocycles. The van der Waals surface area contributed by atoms with Crippen LogP contribution < -0.4 is 5.32 Å². The van der Waals surface area contributed by atoms with Gasteiger partial charge in [0.15, 0.2) is 5.78 Å². The summed E-state index contributed by atoms with van der Waals surface area (Å²) in [4.78, 5) is 38.7. The Morgan fingerprint density at radius 2 is 1.60 bits per heavy atom. The van der Waals surface area contributed by atoms with Crippen molar-refractivity contribution in [2.45, 2.75) is 152 Å². The first-order valence-electron chi connectivity index (χ1n) is 20.4. The van der Waals surface area contributed by atoms with E-state index in [2.05, 4.69) is 53.8 Å². The van der Waals surface area contributed by atoms with Crippen molar-refractivity contribution >= 4 is 29.3 Å². The summed E-state index contributed by atoms with van der Waals surface area (Å²) in [6, 6.07) is 7.80. The molecule has 0 amide bonds. The Morgan fingerprint density at radius 3 is 2.25 bits per heavy atom. The van der Waals surface area contributed by atoms with Gasteiger partial charge in [-0.2, -0.15) is 0 Å². The molecule has 5 aliphatic rings. The molecule has 294 valence electrons. The Hall–Kier alpha value is -2.22. The second-order valence-corrected chi connectivity index (χ2v) is 20.8. The second-order valence-electron chi connectivity index (χ2n) is 20.4. The van der Waals surface area contributed by atoms with Gasteiger partial charge >= 0.3 is 11.9 Å². The van der Waals surface area contributed by atoms with E-state index in [-0.39, 0.29) is 64.2 Å². The van der Waals surface area contributed by atoms with Crippen LogP contribution in [0.1, 0.15) is 139 Å². The van der Waals surface area contributed by atoms with E-state index in [1.54, 1.807) is 0 Å². The average Bonchev–Trinajstić information content (AvgIpc) is 3.36. The summed E-state index contributed by atoms with van der Waals surface area (Å²) in [7, 11) is 0. The number of aliphatic carboxylic acids is 1. The molecule has 0 heterocycles. The first-order valence-corrected chi connectivity index (χ1v) is 20.8. The summed E-state index contributed by atoms with van der Waals surface area (Å²) >= 11 is 6.11. The second kappa shape index (κ2) is 14.1. The molecular weight excluding hydrogens is 686 g/mol. The number of nitrogens with one attached hydrogen (secondary N) is 1. The first kappa shape index (κ1) is 40.4. The summed E-state index contributed by atoms with van der Waals surface area (Å²) in [6.07, 6.45) is 7.51. The molecule has 0 saturated heterocycles. The Bertz CT molecular complexity index is 1630. The summed E-state index contributed by atoms with van der Waals surface area (Å²) in [5.41, 5.74) is 2.14. The van der Waals surface area contributed by atoms with Crippen molar-refractivity contribution in [1.29, 1.82) is 0 Å². The van der Waals surface area contributed by atoms with E-state index in [1.165, 1.54) is 5.57 Å². The number of carbonyl (C=O) groups excluding carboxylic acids is 2. The third-order valence-electron chi connectivity index (χ3n) is 16.2. The molecule has 1 aromatic rings. The van der Waals surface area contributed by atoms with Crippen LogP contribution in [-0.2, 0) is 25.7 Å². The van der Waals surface area contributed by atoms with Gasteiger partial charge in [-0.05, 0) is 120 Å². The van der Waals surface area contributed by atoms with Gasteiger partial charge in [0.05, 0.1) is 18.9 Å². The number of carbonyl (C=O) groups is 3. The predicted octanol–water partition coefficient (Wildman–Crippen LogP) is 9.57. The number of esters is 1. The quantitative estimate of drug-likeness (QED) is 0.193. The lowest BCUT2D eigenvalue weighted by Gasteiger charge is -2.72. The molecule has 6 rings (SSSR count). The predicted molar refractivity (Wildman–Crippen MR) is 209 cm³/mol. The molecule has 0 aliphatic heterocycles. The zero-order valence-corrected chi connectivity index (χ0v) is 34.6. The molecule has 5 aliphatic carbocycles. The molecule has 8 heteroatoms. The molecule has 4 saturated carbocycles. The molecule has 3 N–H and O–H groups in total. The van der Waals surface area contributed by atoms with E-state index >= 15 is 0 Å². The fourth-order valence-corrected chi connectivity index (χ4v) is 13.6. The fourth-order valence-electron chi connectivity index (χ4n) is 13.5. The lowest BCUT2D eigenvalue weighted by Crippen LogP contribution is -2.66. The molecule has 0 spiro atoms. The minimum absolute atomic E-state index is 0.00682. The SMILES string of the molecule is CC(C)C1=C2[C@H]3CC[C@@H]4[C@@]5(C)CC[C@H](OC(=O)CC(C)(C)CC(=O)O)C(C)(C)C5CC[C@@]4(C)[C@]3(C)CC[C@@]2([C@@H](O)CNCc2ccc(Cl)cc2)CC1=O. The van der Waals surface area contributed by atoms with Gasteiger partial charge in [-0.1, -0.05) is 91.6 Å². The van der Waals surface area contributed by atoms with Crippen LogP contribution in [0.2, 0.25) is 5.02 Å². The van der Waals surface area contributed by atoms with Crippen molar-refractivity contribution in [3.8, 4) is 0 Å². The van der Waals surface area contributed by atoms with Gasteiger partial charge in [0.2, 0.25) is 0 Å². The number of aliphatic hydroxyl groups excluding tert-OH is 1. The van der Waals surface area contributed by atoms with Crippen LogP contribution in [0, 0.1) is 56.2 Å². The highest BCUT2D eigenvalue weighted by molar-refractivity contribution is 6.30. The standard InChI is InChI=1S/C45H66ClNO6/c1-27(2)38-31(48)22-45(34(49)26-47-25-28-10-12-29(46)13-11-28)21-20-43(8)30(39(38)45)14-15-33-42(7)18-17-35(41(5,6)32(42)16-19-44(33,43)9)53-37(52)24-40(3,4)23-36(50)51/h10-13,27,30,32-35,47,49H,14-26H2,1-9H3,(H,50,51)/t30-,32?,33-,34+,35+,42+,43-,44-,45+/m1/s1. The number of benzene rings is 1. The summed E-state index contributed by atoms with van der Waals surface area (Å²) in [5, 5.41) is 25.7. The number of hydrogen-bond donors (Lipinski definition) is 3. The van der Waals surface area contributed by atoms with Gasteiger partial charge in [0.1, 0.15) is 6.10 Å². The number of rotatable bonds is 11. The smallest absolute Gasteiger partial charge is 0.306 e. The Morgan fingerprint density at radius 1 is 0.925 bits per heavy atom. The molecule has 7 nitrogen and oxygen atoms in total. The molecule has 9 atom stereocenters. The highest BCUT2D eigenvalue weighted by atomic mass is 35.5. The number of ether oxygens (including phenoxy) is 1. The third-order valence-corrected chi connectivity index (χ3v) is 16.4. The number of aliphatic hydroxyl groups is 1. The maximum absolute atomic E-state index is 14.0. The zero-order chi connectivity index (χ0) is 38.9. The lowest BCUT2D eigenvalue weighted by molar-refractivity contribution is -0.235. The monoisotopic (exact) mass is 751 g/mol. The number of hydrogen-bond acceptors (Lipinski definition) is 6. The maximum Gasteiger partial charge on any atom is 0.306 e. The van der Waals surface area contributed by atoms with Crippen molar-refractivity contribution in [1.82, 2.24) is 5.32 Å². The van der Waals surface area contributed by atoms with Gasteiger partial charge in [0, 0.05) is 35.4 Å². The van der Waals surface area contributed by atoms with Crippen molar-refractivity contribution in [2.24, 2.45) is 56.2 Å². The Labute approximate surface area is 323 Å². The number of carboxylic acid groups (broad SMARTS) is 1. The lowest BCUT2D eigenvalue weighted by atomic mass is 9.33. The largest absolute Gasteiger partial charge is 0.481 e. The van der Waals surface area contributed by atoms with Gasteiger partial charge in [-0.3, -0.25) is 14.4 Å². The van der Waals surface area contributed by atoms with E-state index in [9.17, 15) is 24.6 Å². The number of carboxylic acids is 1. The molecule has 1 aromatic carbocycles. The van der Waals surface area contributed by atoms with Gasteiger partial charge in [0.25, 0.3) is 0 Å². The first-order chi connectivity index (χ1) is 24.6. The van der Waals surface area contributed by atoms with Gasteiger partial charge in [-0.15, -0.1) is 0 Å². The highest BCUT2D eigenvalue weighted by Crippen LogP contribution is 2.77. The molecule has 1 unspecified atom stereocenters. The van der Waals surface area contributed by atoms with Crippen molar-refractivity contribution in [2.75, 3.05) is 6.54 Å². The zero-order valence-electron chi connectivity index (χ0n) is 33.9. The topological polar surface area (TPSA) is 113 Å². The van der Waals surface area contributed by atoms with Crippen molar-refractivity contribution < 1.29 is 29.3 Å². The van der Waals surface area contributed by atoms with Crippen molar-refractivity contribution in [3.05, 3.63) is 46.0 Å². The molecule has 4 fully saturated rings. The third kappa shape index (κ3) is 6.75. The number of fused-ring (bicyclic) bond motifs is 7. The normalized spacial score (nSPS) is 37.0. The minimum atomic E-state index is -0.899. The van der Waals surface area contributed by atoms with Crippen LogP contribution in [0.5, 0.6) is 0 Å². The van der Waals surface area contributed by atoms with Crippen LogP contribution in [0.15, 0.2) is 35.4 Å². The van der Waals surface area contributed by atoms with E-state index in [4.69, 9.17) is 16.3 Å². The number of halogens is 1. The number of ketones is 1. The Kier molecular flexibility index (Phi) is 10.7. The van der Waals surface area contributed by atoms with Gasteiger partial charge < -0.3 is 20.3 Å². The Balaban J connectivity index is 1.24. The summed E-state index contributed by atoms with van der Waals surface area (Å²) in [5.74, 6) is 0.305. The highest BCUT2D eigenvalue weighted by Gasteiger charge is 2.70. The molecule has 0 bridgehead atoms. The number of allylic oxidation sites excluding steroid dienone is 1. The van der Waals surface area contributed by atoms with Crippen LogP contribution in [0.4, 0.5) is 0 Å². The molecule has 53 heavy (non-hydrogen) atoms. The van der Waals surface area contributed by atoms with E-state index in [1.807, 2.05) is 38.1 Å². The molecule has 0 radical (unpaired) electrons. The summed E-state index contributed by atoms with van der Waals surface area (Å²) in [6.45, 7) is 21.3. The summed E-state index contributed by atoms with van der Waals surface area (Å²) < 4.78 is 6.26. The molecular formula is C45H66ClNO6. The van der Waals surface area contributed by atoms with Crippen LogP contribution in [0.3, 0.4) is 0 Å². The van der Waals surface area contributed by atoms with Crippen LogP contribution in [-0.4, -0.2) is 46.7 Å².